The van der Waals surface area contributed by atoms with Crippen molar-refractivity contribution < 1.29 is 4.79 Å². The molecule has 0 aliphatic heterocycles. The predicted octanol–water partition coefficient (Wildman–Crippen LogP) is 1.94. The van der Waals surface area contributed by atoms with Gasteiger partial charge < -0.3 is 10.6 Å². The number of fused-ring (bicyclic) bond motifs is 1. The summed E-state index contributed by atoms with van der Waals surface area (Å²) in [6.45, 7) is 3.95. The van der Waals surface area contributed by atoms with Crippen molar-refractivity contribution in [2.24, 2.45) is 0 Å². The summed E-state index contributed by atoms with van der Waals surface area (Å²) in [4.78, 5) is 19.7. The number of nitrogens with one attached hydrogen (secondary N) is 2. The van der Waals surface area contributed by atoms with E-state index in [1.165, 1.54) is 0 Å². The van der Waals surface area contributed by atoms with Crippen molar-refractivity contribution in [1.82, 2.24) is 15.3 Å². The number of carbonyl (C=O) groups excluding carboxylic acids is 1. The van der Waals surface area contributed by atoms with Gasteiger partial charge in [-0.2, -0.15) is 0 Å². The first kappa shape index (κ1) is 11.1. The third-order valence-electron chi connectivity index (χ3n) is 2.13. The number of hydrogen-bond donors (Lipinski definition) is 2. The van der Waals surface area contributed by atoms with Gasteiger partial charge >= 0.3 is 6.03 Å². The van der Waals surface area contributed by atoms with Gasteiger partial charge in [-0.15, -0.1) is 6.58 Å². The number of amides is 2. The molecule has 0 bridgehead atoms. The van der Waals surface area contributed by atoms with Gasteiger partial charge in [0, 0.05) is 24.6 Å². The summed E-state index contributed by atoms with van der Waals surface area (Å²) in [5, 5.41) is 5.33. The molecule has 0 saturated heterocycles. The summed E-state index contributed by atoms with van der Waals surface area (Å²) in [5.41, 5.74) is 2.22. The first-order valence-corrected chi connectivity index (χ1v) is 5.16. The third-order valence-corrected chi connectivity index (χ3v) is 2.13. The van der Waals surface area contributed by atoms with Gasteiger partial charge in [0.15, 0.2) is 0 Å². The van der Waals surface area contributed by atoms with Crippen molar-refractivity contribution in [3.05, 3.63) is 43.2 Å². The van der Waals surface area contributed by atoms with Gasteiger partial charge in [0.1, 0.15) is 0 Å². The van der Waals surface area contributed by atoms with E-state index in [9.17, 15) is 4.79 Å². The molecule has 2 aromatic rings. The van der Waals surface area contributed by atoms with E-state index in [1.54, 1.807) is 30.6 Å². The van der Waals surface area contributed by atoms with Gasteiger partial charge in [0.05, 0.1) is 11.0 Å². The second kappa shape index (κ2) is 5.07. The fourth-order valence-electron chi connectivity index (χ4n) is 1.38. The second-order valence-electron chi connectivity index (χ2n) is 3.38. The maximum Gasteiger partial charge on any atom is 0.319 e. The molecule has 2 amide bonds. The van der Waals surface area contributed by atoms with Crippen LogP contribution in [0.5, 0.6) is 0 Å². The van der Waals surface area contributed by atoms with Crippen LogP contribution >= 0.6 is 0 Å². The lowest BCUT2D eigenvalue weighted by Crippen LogP contribution is -2.28. The van der Waals surface area contributed by atoms with Crippen molar-refractivity contribution in [2.45, 2.75) is 0 Å². The Morgan fingerprint density at radius 1 is 1.29 bits per heavy atom. The van der Waals surface area contributed by atoms with Crippen molar-refractivity contribution in [3.63, 3.8) is 0 Å². The smallest absolute Gasteiger partial charge is 0.319 e. The monoisotopic (exact) mass is 228 g/mol. The molecule has 2 rings (SSSR count). The summed E-state index contributed by atoms with van der Waals surface area (Å²) in [6.07, 6.45) is 4.86. The molecule has 0 aliphatic rings. The van der Waals surface area contributed by atoms with E-state index in [0.29, 0.717) is 12.2 Å². The lowest BCUT2D eigenvalue weighted by Gasteiger charge is -2.06. The van der Waals surface area contributed by atoms with E-state index in [1.807, 2.05) is 6.07 Å². The second-order valence-corrected chi connectivity index (χ2v) is 3.38. The first-order chi connectivity index (χ1) is 8.29. The number of nitrogens with zero attached hydrogens (tertiary/aromatic N) is 2. The third kappa shape index (κ3) is 2.78. The van der Waals surface area contributed by atoms with E-state index >= 15 is 0 Å². The molecule has 0 aliphatic carbocycles. The molecule has 86 valence electrons. The molecule has 0 unspecified atom stereocenters. The Balaban J connectivity index is 2.13. The Labute approximate surface area is 98.6 Å². The van der Waals surface area contributed by atoms with Gasteiger partial charge in [0.2, 0.25) is 0 Å². The molecule has 0 spiro atoms. The zero-order valence-corrected chi connectivity index (χ0v) is 9.18. The van der Waals surface area contributed by atoms with Gasteiger partial charge in [-0.1, -0.05) is 6.08 Å². The zero-order valence-electron chi connectivity index (χ0n) is 9.18. The van der Waals surface area contributed by atoms with Crippen LogP contribution in [0.1, 0.15) is 0 Å². The van der Waals surface area contributed by atoms with Crippen LogP contribution in [0, 0.1) is 0 Å². The van der Waals surface area contributed by atoms with E-state index in [-0.39, 0.29) is 6.03 Å². The number of rotatable bonds is 3. The largest absolute Gasteiger partial charge is 0.334 e. The summed E-state index contributed by atoms with van der Waals surface area (Å²) in [6, 6.07) is 5.10. The average Bonchev–Trinajstić information content (AvgIpc) is 2.36. The van der Waals surface area contributed by atoms with Crippen molar-refractivity contribution >= 4 is 22.8 Å². The first-order valence-electron chi connectivity index (χ1n) is 5.16. The minimum absolute atomic E-state index is 0.270. The van der Waals surface area contributed by atoms with Crippen LogP contribution in [0.15, 0.2) is 43.2 Å². The highest BCUT2D eigenvalue weighted by Crippen LogP contribution is 2.14. The average molecular weight is 228 g/mol. The van der Waals surface area contributed by atoms with Gasteiger partial charge in [-0.3, -0.25) is 9.97 Å². The number of urea groups is 1. The Hall–Kier alpha value is -2.43. The Bertz CT molecular complexity index is 553. The molecule has 5 nitrogen and oxygen atoms in total. The van der Waals surface area contributed by atoms with Crippen LogP contribution in [-0.4, -0.2) is 22.5 Å². The molecule has 17 heavy (non-hydrogen) atoms. The molecule has 0 saturated carbocycles. The molecule has 1 aromatic heterocycles. The quantitative estimate of drug-likeness (QED) is 0.789. The molecule has 0 fully saturated rings. The standard InChI is InChI=1S/C12H12N4O/c1-2-5-15-12(17)16-9-3-4-10-11(8-9)14-7-6-13-10/h2-4,6-8H,1,5H2,(H2,15,16,17). The van der Waals surface area contributed by atoms with Crippen LogP contribution in [0.3, 0.4) is 0 Å². The summed E-state index contributed by atoms with van der Waals surface area (Å²) < 4.78 is 0. The molecule has 1 heterocycles. The lowest BCUT2D eigenvalue weighted by atomic mass is 10.2. The maximum absolute atomic E-state index is 11.4. The predicted molar refractivity (Wildman–Crippen MR) is 66.8 cm³/mol. The normalized spacial score (nSPS) is 9.88. The topological polar surface area (TPSA) is 66.9 Å². The van der Waals surface area contributed by atoms with Gasteiger partial charge in [0.25, 0.3) is 0 Å². The highest BCUT2D eigenvalue weighted by molar-refractivity contribution is 5.91. The fourth-order valence-corrected chi connectivity index (χ4v) is 1.38. The SMILES string of the molecule is C=CCNC(=O)Nc1ccc2nccnc2c1. The summed E-state index contributed by atoms with van der Waals surface area (Å²) in [7, 11) is 0. The molecule has 0 atom stereocenters. The molecule has 0 radical (unpaired) electrons. The number of hydrogen-bond acceptors (Lipinski definition) is 3. The minimum Gasteiger partial charge on any atom is -0.334 e. The number of anilines is 1. The van der Waals surface area contributed by atoms with Crippen molar-refractivity contribution in [2.75, 3.05) is 11.9 Å². The van der Waals surface area contributed by atoms with Crippen LogP contribution in [0.4, 0.5) is 10.5 Å². The highest BCUT2D eigenvalue weighted by Gasteiger charge is 2.01. The summed E-state index contributed by atoms with van der Waals surface area (Å²) >= 11 is 0. The molecular formula is C12H12N4O. The molecule has 1 aromatic carbocycles. The van der Waals surface area contributed by atoms with E-state index in [4.69, 9.17) is 0 Å². The van der Waals surface area contributed by atoms with Crippen LogP contribution in [0.25, 0.3) is 11.0 Å². The van der Waals surface area contributed by atoms with E-state index < -0.39 is 0 Å². The summed E-state index contributed by atoms with van der Waals surface area (Å²) in [5.74, 6) is 0. The van der Waals surface area contributed by atoms with Crippen LogP contribution < -0.4 is 10.6 Å². The van der Waals surface area contributed by atoms with Gasteiger partial charge in [-0.05, 0) is 18.2 Å². The Morgan fingerprint density at radius 2 is 2.06 bits per heavy atom. The van der Waals surface area contributed by atoms with Crippen molar-refractivity contribution in [1.29, 1.82) is 0 Å². The highest BCUT2D eigenvalue weighted by atomic mass is 16.2. The van der Waals surface area contributed by atoms with E-state index in [0.717, 1.165) is 11.0 Å². The van der Waals surface area contributed by atoms with E-state index in [2.05, 4.69) is 27.2 Å². The maximum atomic E-state index is 11.4. The Morgan fingerprint density at radius 3 is 2.82 bits per heavy atom. The molecule has 2 N–H and O–H groups in total. The zero-order chi connectivity index (χ0) is 12.1. The number of aromatic nitrogens is 2. The number of benzene rings is 1. The Kier molecular flexibility index (Phi) is 3.30. The van der Waals surface area contributed by atoms with Crippen LogP contribution in [0.2, 0.25) is 0 Å². The fraction of sp³-hybridized carbons (Fsp3) is 0.0833. The van der Waals surface area contributed by atoms with Crippen LogP contribution in [-0.2, 0) is 0 Å². The minimum atomic E-state index is -0.270. The number of carbonyl (C=O) groups is 1. The molecular weight excluding hydrogens is 216 g/mol. The van der Waals surface area contributed by atoms with Crippen molar-refractivity contribution in [3.8, 4) is 0 Å². The van der Waals surface area contributed by atoms with Gasteiger partial charge in [-0.25, -0.2) is 4.79 Å². The molecule has 5 heteroatoms. The lowest BCUT2D eigenvalue weighted by molar-refractivity contribution is 0.253.